The molecule has 0 aliphatic rings. The molecule has 0 bridgehead atoms. The molecule has 2 unspecified atom stereocenters. The smallest absolute Gasteiger partial charge is 0.457 e. The number of allylic oxidation sites excluding steroid dienone is 10. The van der Waals surface area contributed by atoms with Crippen molar-refractivity contribution in [2.45, 2.75) is 168 Å². The van der Waals surface area contributed by atoms with Crippen molar-refractivity contribution >= 4 is 13.8 Å². The first-order valence-electron chi connectivity index (χ1n) is 21.5. The Balaban J connectivity index is 4.32. The molecule has 0 heterocycles. The molecule has 314 valence electrons. The third kappa shape index (κ3) is 41.4. The fourth-order valence-electron chi connectivity index (χ4n) is 5.52. The quantitative estimate of drug-likeness (QED) is 0.0218. The van der Waals surface area contributed by atoms with Crippen LogP contribution < -0.4 is 0 Å². The predicted octanol–water partition coefficient (Wildman–Crippen LogP) is 12.5. The van der Waals surface area contributed by atoms with Gasteiger partial charge in [0.25, 0.3) is 0 Å². The molecule has 0 fully saturated rings. The lowest BCUT2D eigenvalue weighted by atomic mass is 10.0. The van der Waals surface area contributed by atoms with E-state index in [0.29, 0.717) is 17.6 Å². The maximum Gasteiger partial charge on any atom is 0.472 e. The molecule has 0 aromatic heterocycles. The average molecular weight is 781 g/mol. The second kappa shape index (κ2) is 38.1. The number of quaternary nitrogens is 1. The molecule has 0 rings (SSSR count). The molecule has 1 N–H and O–H groups in total. The third-order valence-corrected chi connectivity index (χ3v) is 9.83. The maximum atomic E-state index is 12.7. The van der Waals surface area contributed by atoms with Crippen LogP contribution in [0.2, 0.25) is 0 Å². The minimum absolute atomic E-state index is 0.0803. The van der Waals surface area contributed by atoms with E-state index in [1.807, 2.05) is 21.1 Å². The van der Waals surface area contributed by atoms with Crippen LogP contribution in [-0.2, 0) is 27.9 Å². The molecule has 0 aromatic carbocycles. The van der Waals surface area contributed by atoms with Crippen LogP contribution in [0.15, 0.2) is 60.8 Å². The number of unbranched alkanes of at least 4 members (excludes halogenated alkanes) is 15. The van der Waals surface area contributed by atoms with Gasteiger partial charge in [-0.15, -0.1) is 0 Å². The van der Waals surface area contributed by atoms with Crippen LogP contribution in [0.3, 0.4) is 0 Å². The second-order valence-corrected chi connectivity index (χ2v) is 16.8. The molecule has 8 nitrogen and oxygen atoms in total. The van der Waals surface area contributed by atoms with Gasteiger partial charge in [0.15, 0.2) is 0 Å². The SMILES string of the molecule is CC/C=C\C/C=C\C/C=C\C/C=C\C/C=C\CCCCCC(=O)OC(COCCCCCCCCCCCCCCC)COP(=O)(O)OCC[N+](C)(C)C. The summed E-state index contributed by atoms with van der Waals surface area (Å²) in [6.45, 7) is 5.46. The van der Waals surface area contributed by atoms with E-state index in [2.05, 4.69) is 74.6 Å². The van der Waals surface area contributed by atoms with E-state index in [1.54, 1.807) is 0 Å². The number of rotatable bonds is 39. The number of nitrogens with zero attached hydrogens (tertiary/aromatic N) is 1. The summed E-state index contributed by atoms with van der Waals surface area (Å²) in [5.41, 5.74) is 0. The van der Waals surface area contributed by atoms with Crippen molar-refractivity contribution < 1.29 is 37.3 Å². The average Bonchev–Trinajstić information content (AvgIpc) is 3.12. The molecule has 0 amide bonds. The van der Waals surface area contributed by atoms with Crippen molar-refractivity contribution in [1.29, 1.82) is 0 Å². The zero-order valence-corrected chi connectivity index (χ0v) is 36.3. The molecule has 0 aliphatic carbocycles. The van der Waals surface area contributed by atoms with Gasteiger partial charge in [-0.1, -0.05) is 158 Å². The number of phosphoric ester groups is 1. The molecule has 0 aliphatic heterocycles. The molecular formula is C45H83NO7P+. The summed E-state index contributed by atoms with van der Waals surface area (Å²) in [7, 11) is 1.64. The number of hydrogen-bond donors (Lipinski definition) is 1. The van der Waals surface area contributed by atoms with Gasteiger partial charge in [-0.2, -0.15) is 0 Å². The summed E-state index contributed by atoms with van der Waals surface area (Å²) in [6, 6.07) is 0. The Morgan fingerprint density at radius 2 is 1.07 bits per heavy atom. The zero-order valence-electron chi connectivity index (χ0n) is 35.4. The highest BCUT2D eigenvalue weighted by molar-refractivity contribution is 7.47. The first kappa shape index (κ1) is 52.2. The minimum Gasteiger partial charge on any atom is -0.457 e. The van der Waals surface area contributed by atoms with Gasteiger partial charge in [-0.3, -0.25) is 13.8 Å². The number of hydrogen-bond acceptors (Lipinski definition) is 6. The Labute approximate surface area is 332 Å². The lowest BCUT2D eigenvalue weighted by Crippen LogP contribution is -2.37. The summed E-state index contributed by atoms with van der Waals surface area (Å²) in [4.78, 5) is 22.9. The molecule has 0 saturated heterocycles. The highest BCUT2D eigenvalue weighted by Gasteiger charge is 2.26. The van der Waals surface area contributed by atoms with Crippen molar-refractivity contribution in [1.82, 2.24) is 0 Å². The summed E-state index contributed by atoms with van der Waals surface area (Å²) in [5.74, 6) is -0.346. The van der Waals surface area contributed by atoms with Gasteiger partial charge in [0.2, 0.25) is 0 Å². The van der Waals surface area contributed by atoms with Crippen LogP contribution in [-0.4, -0.2) is 75.6 Å². The molecule has 2 atom stereocenters. The summed E-state index contributed by atoms with van der Waals surface area (Å²) in [5, 5.41) is 0. The Morgan fingerprint density at radius 3 is 1.59 bits per heavy atom. The van der Waals surface area contributed by atoms with Gasteiger partial charge in [0, 0.05) is 13.0 Å². The minimum atomic E-state index is -4.28. The van der Waals surface area contributed by atoms with Crippen LogP contribution in [0.5, 0.6) is 0 Å². The number of carbonyl (C=O) groups excluding carboxylic acids is 1. The number of ether oxygens (including phenoxy) is 2. The van der Waals surface area contributed by atoms with Gasteiger partial charge >= 0.3 is 13.8 Å². The summed E-state index contributed by atoms with van der Waals surface area (Å²) < 4.78 is 34.9. The van der Waals surface area contributed by atoms with Gasteiger partial charge in [-0.05, 0) is 57.8 Å². The largest absolute Gasteiger partial charge is 0.472 e. The first-order valence-corrected chi connectivity index (χ1v) is 23.0. The molecular weight excluding hydrogens is 697 g/mol. The normalized spacial score (nSPS) is 14.4. The Morgan fingerprint density at radius 1 is 0.593 bits per heavy atom. The van der Waals surface area contributed by atoms with Crippen molar-refractivity contribution in [2.24, 2.45) is 0 Å². The highest BCUT2D eigenvalue weighted by atomic mass is 31.2. The number of likely N-dealkylation sites (N-methyl/N-ethyl adjacent to an activating group) is 1. The lowest BCUT2D eigenvalue weighted by Gasteiger charge is -2.24. The van der Waals surface area contributed by atoms with E-state index in [-0.39, 0.29) is 32.2 Å². The van der Waals surface area contributed by atoms with E-state index in [1.165, 1.54) is 70.6 Å². The summed E-state index contributed by atoms with van der Waals surface area (Å²) >= 11 is 0. The Hall–Kier alpha value is -1.80. The standard InChI is InChI=1S/C45H82NO7P/c1-6-8-10-12-14-16-18-20-21-22-23-24-25-26-28-30-32-34-36-38-45(47)53-44(43-52-54(48,49)51-41-39-46(3,4)5)42-50-40-37-35-33-31-29-27-19-17-15-13-11-9-7-2/h8,10,14,16,20-21,23-24,26,28,44H,6-7,9,11-13,15,17-19,22,25,27,29-43H2,1-5H3/p+1/b10-8-,16-14-,21-20-,24-23-,28-26-. The van der Waals surface area contributed by atoms with Crippen LogP contribution in [0.1, 0.15) is 162 Å². The van der Waals surface area contributed by atoms with Gasteiger partial charge in [0.1, 0.15) is 19.3 Å². The molecule has 0 aromatic rings. The van der Waals surface area contributed by atoms with Crippen LogP contribution in [0.25, 0.3) is 0 Å². The van der Waals surface area contributed by atoms with Crippen molar-refractivity contribution in [3.8, 4) is 0 Å². The molecule has 0 saturated carbocycles. The molecule has 9 heteroatoms. The first-order chi connectivity index (χ1) is 26.1. The Kier molecular flexibility index (Phi) is 36.8. The third-order valence-electron chi connectivity index (χ3n) is 8.84. The van der Waals surface area contributed by atoms with E-state index >= 15 is 0 Å². The second-order valence-electron chi connectivity index (χ2n) is 15.3. The lowest BCUT2D eigenvalue weighted by molar-refractivity contribution is -0.870. The van der Waals surface area contributed by atoms with E-state index < -0.39 is 13.9 Å². The van der Waals surface area contributed by atoms with Crippen molar-refractivity contribution in [3.63, 3.8) is 0 Å². The van der Waals surface area contributed by atoms with Crippen LogP contribution in [0, 0.1) is 0 Å². The number of esters is 1. The van der Waals surface area contributed by atoms with E-state index in [9.17, 15) is 14.3 Å². The topological polar surface area (TPSA) is 91.3 Å². The fourth-order valence-corrected chi connectivity index (χ4v) is 6.26. The van der Waals surface area contributed by atoms with Gasteiger partial charge < -0.3 is 18.9 Å². The summed E-state index contributed by atoms with van der Waals surface area (Å²) in [6.07, 6.45) is 46.8. The predicted molar refractivity (Wildman–Crippen MR) is 229 cm³/mol. The van der Waals surface area contributed by atoms with Crippen molar-refractivity contribution in [2.75, 3.05) is 54.1 Å². The van der Waals surface area contributed by atoms with Crippen LogP contribution >= 0.6 is 7.82 Å². The maximum absolute atomic E-state index is 12.7. The molecule has 0 radical (unpaired) electrons. The zero-order chi connectivity index (χ0) is 39.9. The molecule has 54 heavy (non-hydrogen) atoms. The van der Waals surface area contributed by atoms with Gasteiger partial charge in [0.05, 0.1) is 34.4 Å². The highest BCUT2D eigenvalue weighted by Crippen LogP contribution is 2.43. The fraction of sp³-hybridized carbons (Fsp3) is 0.756. The monoisotopic (exact) mass is 781 g/mol. The van der Waals surface area contributed by atoms with Crippen LogP contribution in [0.4, 0.5) is 0 Å². The number of carbonyl (C=O) groups is 1. The van der Waals surface area contributed by atoms with Crippen molar-refractivity contribution in [3.05, 3.63) is 60.8 Å². The van der Waals surface area contributed by atoms with E-state index in [4.69, 9.17) is 18.5 Å². The van der Waals surface area contributed by atoms with Gasteiger partial charge in [-0.25, -0.2) is 4.57 Å². The molecule has 0 spiro atoms. The number of phosphoric acid groups is 1. The van der Waals surface area contributed by atoms with E-state index in [0.717, 1.165) is 70.6 Å². The Bertz CT molecular complexity index is 1050.